The van der Waals surface area contributed by atoms with Gasteiger partial charge in [-0.3, -0.25) is 14.9 Å². The molecule has 0 fully saturated rings. The van der Waals surface area contributed by atoms with Crippen LogP contribution in [0.2, 0.25) is 0 Å². The molecule has 0 heterocycles. The number of esters is 1. The zero-order chi connectivity index (χ0) is 18.3. The van der Waals surface area contributed by atoms with Crippen LogP contribution in [0.25, 0.3) is 0 Å². The van der Waals surface area contributed by atoms with Gasteiger partial charge in [-0.25, -0.2) is 8.42 Å². The molecule has 0 amide bonds. The molecular weight excluding hydrogens is 346 g/mol. The minimum atomic E-state index is -3.67. The zero-order valence-electron chi connectivity index (χ0n) is 13.3. The summed E-state index contributed by atoms with van der Waals surface area (Å²) in [5.74, 6) is -0.843. The van der Waals surface area contributed by atoms with Gasteiger partial charge in [-0.05, 0) is 24.1 Å². The van der Waals surface area contributed by atoms with Gasteiger partial charge in [0.05, 0.1) is 15.6 Å². The molecule has 0 spiro atoms. The van der Waals surface area contributed by atoms with Crippen molar-refractivity contribution in [2.45, 2.75) is 17.7 Å². The van der Waals surface area contributed by atoms with Crippen molar-refractivity contribution in [1.82, 2.24) is 0 Å². The summed E-state index contributed by atoms with van der Waals surface area (Å²) in [6.45, 7) is -0.257. The first kappa shape index (κ1) is 18.6. The number of sulfone groups is 1. The zero-order valence-corrected chi connectivity index (χ0v) is 14.1. The third-order valence-electron chi connectivity index (χ3n) is 3.48. The number of nitro groups is 1. The minimum absolute atomic E-state index is 0.0431. The van der Waals surface area contributed by atoms with Gasteiger partial charge in [0.2, 0.25) is 0 Å². The van der Waals surface area contributed by atoms with Gasteiger partial charge in [-0.1, -0.05) is 30.3 Å². The number of benzene rings is 2. The average molecular weight is 363 g/mol. The first-order chi connectivity index (χ1) is 11.9. The normalized spacial score (nSPS) is 11.0. The standard InChI is InChI=1S/C17H17NO6S/c19-17(11-6-14-4-2-1-3-5-14)24-12-13-25(22,23)16-9-7-15(8-10-16)18(20)21/h1-5,7-10H,6,11-13H2. The fraction of sp³-hybridized carbons (Fsp3) is 0.235. The van der Waals surface area contributed by atoms with Gasteiger partial charge in [0.25, 0.3) is 5.69 Å². The fourth-order valence-electron chi connectivity index (χ4n) is 2.12. The number of hydrogen-bond acceptors (Lipinski definition) is 6. The van der Waals surface area contributed by atoms with E-state index in [0.717, 1.165) is 17.7 Å². The van der Waals surface area contributed by atoms with Crippen LogP contribution in [0.4, 0.5) is 5.69 Å². The first-order valence-corrected chi connectivity index (χ1v) is 9.20. The van der Waals surface area contributed by atoms with E-state index >= 15 is 0 Å². The Morgan fingerprint density at radius 3 is 2.28 bits per heavy atom. The Hall–Kier alpha value is -2.74. The summed E-state index contributed by atoms with van der Waals surface area (Å²) in [7, 11) is -3.67. The van der Waals surface area contributed by atoms with Gasteiger partial charge in [0, 0.05) is 18.6 Å². The lowest BCUT2D eigenvalue weighted by atomic mass is 10.1. The molecule has 2 rings (SSSR count). The van der Waals surface area contributed by atoms with Crippen molar-refractivity contribution in [2.75, 3.05) is 12.4 Å². The molecule has 0 radical (unpaired) electrons. The van der Waals surface area contributed by atoms with Gasteiger partial charge < -0.3 is 4.74 Å². The highest BCUT2D eigenvalue weighted by molar-refractivity contribution is 7.91. The second kappa shape index (κ2) is 8.39. The van der Waals surface area contributed by atoms with Crippen molar-refractivity contribution in [1.29, 1.82) is 0 Å². The highest BCUT2D eigenvalue weighted by atomic mass is 32.2. The lowest BCUT2D eigenvalue weighted by molar-refractivity contribution is -0.384. The SMILES string of the molecule is O=C(CCc1ccccc1)OCCS(=O)(=O)c1ccc([N+](=O)[O-])cc1. The van der Waals surface area contributed by atoms with Gasteiger partial charge >= 0.3 is 5.97 Å². The number of aryl methyl sites for hydroxylation is 1. The number of nitrogens with zero attached hydrogens (tertiary/aromatic N) is 1. The van der Waals surface area contributed by atoms with Crippen LogP contribution in [0.15, 0.2) is 59.5 Å². The summed E-state index contributed by atoms with van der Waals surface area (Å²) in [5.41, 5.74) is 0.809. The summed E-state index contributed by atoms with van der Waals surface area (Å²) in [6, 6.07) is 14.0. The molecule has 0 aliphatic heterocycles. The van der Waals surface area contributed by atoms with Crippen LogP contribution in [0.1, 0.15) is 12.0 Å². The van der Waals surface area contributed by atoms with Crippen molar-refractivity contribution in [3.05, 3.63) is 70.3 Å². The minimum Gasteiger partial charge on any atom is -0.465 e. The van der Waals surface area contributed by atoms with E-state index in [-0.39, 0.29) is 29.4 Å². The number of carbonyl (C=O) groups excluding carboxylic acids is 1. The second-order valence-electron chi connectivity index (χ2n) is 5.28. The van der Waals surface area contributed by atoms with Gasteiger partial charge in [-0.2, -0.15) is 0 Å². The maximum absolute atomic E-state index is 12.1. The monoisotopic (exact) mass is 363 g/mol. The van der Waals surface area contributed by atoms with Gasteiger partial charge in [0.15, 0.2) is 9.84 Å². The van der Waals surface area contributed by atoms with Gasteiger partial charge in [0.1, 0.15) is 6.61 Å². The Kier molecular flexibility index (Phi) is 6.24. The molecule has 8 heteroatoms. The van der Waals surface area contributed by atoms with E-state index in [1.807, 2.05) is 30.3 Å². The maximum atomic E-state index is 12.1. The molecule has 132 valence electrons. The van der Waals surface area contributed by atoms with Crippen LogP contribution in [0.5, 0.6) is 0 Å². The summed E-state index contributed by atoms with van der Waals surface area (Å²) in [5, 5.41) is 10.6. The number of carbonyl (C=O) groups is 1. The number of rotatable bonds is 8. The highest BCUT2D eigenvalue weighted by Gasteiger charge is 2.17. The van der Waals surface area contributed by atoms with Crippen LogP contribution in [-0.4, -0.2) is 31.7 Å². The molecule has 0 aliphatic carbocycles. The summed E-state index contributed by atoms with van der Waals surface area (Å²) in [4.78, 5) is 21.6. The van der Waals surface area contributed by atoms with E-state index in [4.69, 9.17) is 4.74 Å². The third kappa shape index (κ3) is 5.68. The van der Waals surface area contributed by atoms with E-state index in [1.165, 1.54) is 12.1 Å². The molecule has 2 aromatic rings. The van der Waals surface area contributed by atoms with Crippen molar-refractivity contribution >= 4 is 21.5 Å². The molecule has 0 unspecified atom stereocenters. The van der Waals surface area contributed by atoms with Crippen LogP contribution in [-0.2, 0) is 25.8 Å². The molecule has 0 saturated heterocycles. The highest BCUT2D eigenvalue weighted by Crippen LogP contribution is 2.17. The largest absolute Gasteiger partial charge is 0.465 e. The third-order valence-corrected chi connectivity index (χ3v) is 5.18. The molecule has 0 aromatic heterocycles. The number of nitro benzene ring substituents is 1. The van der Waals surface area contributed by atoms with Crippen LogP contribution in [0.3, 0.4) is 0 Å². The molecule has 0 N–H and O–H groups in total. The van der Waals surface area contributed by atoms with Crippen molar-refractivity contribution in [2.24, 2.45) is 0 Å². The Balaban J connectivity index is 1.81. The van der Waals surface area contributed by atoms with E-state index in [9.17, 15) is 23.3 Å². The predicted octanol–water partition coefficient (Wildman–Crippen LogP) is 2.54. The lowest BCUT2D eigenvalue weighted by Crippen LogP contribution is -2.16. The Morgan fingerprint density at radius 2 is 1.68 bits per heavy atom. The Morgan fingerprint density at radius 1 is 1.04 bits per heavy atom. The van der Waals surface area contributed by atoms with Crippen molar-refractivity contribution < 1.29 is 22.9 Å². The van der Waals surface area contributed by atoms with Crippen molar-refractivity contribution in [3.63, 3.8) is 0 Å². The summed E-state index contributed by atoms with van der Waals surface area (Å²) in [6.07, 6.45) is 0.691. The first-order valence-electron chi connectivity index (χ1n) is 7.55. The number of hydrogen-bond donors (Lipinski definition) is 0. The Bertz CT molecular complexity index is 831. The maximum Gasteiger partial charge on any atom is 0.306 e. The van der Waals surface area contributed by atoms with Crippen molar-refractivity contribution in [3.8, 4) is 0 Å². The number of ether oxygens (including phenoxy) is 1. The Labute approximate surface area is 145 Å². The smallest absolute Gasteiger partial charge is 0.306 e. The molecule has 0 aliphatic rings. The molecule has 0 bridgehead atoms. The average Bonchev–Trinajstić information content (AvgIpc) is 2.61. The molecule has 7 nitrogen and oxygen atoms in total. The topological polar surface area (TPSA) is 104 Å². The lowest BCUT2D eigenvalue weighted by Gasteiger charge is -2.06. The second-order valence-corrected chi connectivity index (χ2v) is 7.39. The quantitative estimate of drug-likeness (QED) is 0.405. The number of non-ortho nitro benzene ring substituents is 1. The molecule has 25 heavy (non-hydrogen) atoms. The van der Waals surface area contributed by atoms with Crippen LogP contribution in [0, 0.1) is 10.1 Å². The molecular formula is C17H17NO6S. The molecule has 0 saturated carbocycles. The van der Waals surface area contributed by atoms with E-state index in [2.05, 4.69) is 0 Å². The van der Waals surface area contributed by atoms with Crippen LogP contribution < -0.4 is 0 Å². The molecule has 2 aromatic carbocycles. The van der Waals surface area contributed by atoms with E-state index in [1.54, 1.807) is 0 Å². The predicted molar refractivity (Wildman–Crippen MR) is 90.9 cm³/mol. The summed E-state index contributed by atoms with van der Waals surface area (Å²) < 4.78 is 29.2. The van der Waals surface area contributed by atoms with E-state index < -0.39 is 20.7 Å². The van der Waals surface area contributed by atoms with Crippen LogP contribution >= 0.6 is 0 Å². The van der Waals surface area contributed by atoms with E-state index in [0.29, 0.717) is 6.42 Å². The molecule has 0 atom stereocenters. The van der Waals surface area contributed by atoms with Gasteiger partial charge in [-0.15, -0.1) is 0 Å². The fourth-order valence-corrected chi connectivity index (χ4v) is 3.21. The summed E-state index contributed by atoms with van der Waals surface area (Å²) >= 11 is 0.